The quantitative estimate of drug-likeness (QED) is 0.549. The molecule has 2 atom stereocenters. The lowest BCUT2D eigenvalue weighted by atomic mass is 10.1. The van der Waals surface area contributed by atoms with E-state index in [2.05, 4.69) is 0 Å². The Morgan fingerprint density at radius 1 is 0.619 bits per heavy atom. The molecule has 0 aromatic carbocycles. The van der Waals surface area contributed by atoms with Gasteiger partial charge in [-0.1, -0.05) is 0 Å². The zero-order chi connectivity index (χ0) is 15.3. The van der Waals surface area contributed by atoms with Crippen molar-refractivity contribution in [3.8, 4) is 0 Å². The molecule has 0 aromatic rings. The summed E-state index contributed by atoms with van der Waals surface area (Å²) in [6, 6.07) is -3.11. The predicted molar refractivity (Wildman–Crippen MR) is 62.7 cm³/mol. The van der Waals surface area contributed by atoms with Gasteiger partial charge in [-0.25, -0.2) is 0 Å². The van der Waals surface area contributed by atoms with Crippen molar-refractivity contribution in [1.29, 1.82) is 0 Å². The van der Waals surface area contributed by atoms with Gasteiger partial charge in [-0.2, -0.15) is 0 Å². The van der Waals surface area contributed by atoms with Crippen LogP contribution in [0.25, 0.3) is 0 Å². The Labute approximate surface area is 116 Å². The van der Waals surface area contributed by atoms with Crippen LogP contribution in [0.3, 0.4) is 0 Å². The van der Waals surface area contributed by atoms with Gasteiger partial charge in [0.15, 0.2) is 0 Å². The van der Waals surface area contributed by atoms with Crippen LogP contribution in [-0.2, 0) is 28.8 Å². The van der Waals surface area contributed by atoms with E-state index < -0.39 is 47.5 Å². The van der Waals surface area contributed by atoms with Crippen LogP contribution in [0.2, 0.25) is 0 Å². The van der Waals surface area contributed by atoms with Gasteiger partial charge in [0.25, 0.3) is 35.4 Å². The van der Waals surface area contributed by atoms with E-state index in [9.17, 15) is 28.8 Å². The second-order valence-electron chi connectivity index (χ2n) is 4.50. The van der Waals surface area contributed by atoms with Crippen LogP contribution < -0.4 is 5.32 Å². The van der Waals surface area contributed by atoms with Gasteiger partial charge in [0.1, 0.15) is 12.1 Å². The van der Waals surface area contributed by atoms with Crippen molar-refractivity contribution in [2.24, 2.45) is 0 Å². The summed E-state index contributed by atoms with van der Waals surface area (Å²) in [5.74, 6) is -4.97. The van der Waals surface area contributed by atoms with Crippen LogP contribution >= 0.6 is 0 Å². The highest BCUT2D eigenvalue weighted by Crippen LogP contribution is 2.23. The molecule has 9 nitrogen and oxygen atoms in total. The van der Waals surface area contributed by atoms with Crippen LogP contribution in [0.5, 0.6) is 0 Å². The first-order valence-electron chi connectivity index (χ1n) is 5.87. The molecule has 3 aliphatic rings. The normalized spacial score (nSPS) is 28.4. The van der Waals surface area contributed by atoms with Gasteiger partial charge in [0, 0.05) is 24.3 Å². The molecule has 106 valence electrons. The number of rotatable bonds is 2. The maximum Gasteiger partial charge on any atom is 0.254 e. The highest BCUT2D eigenvalue weighted by molar-refractivity contribution is 6.22. The van der Waals surface area contributed by atoms with E-state index in [4.69, 9.17) is 0 Å². The van der Waals surface area contributed by atoms with Crippen molar-refractivity contribution in [1.82, 2.24) is 15.1 Å². The Balaban J connectivity index is 2.01. The Kier molecular flexibility index (Phi) is 2.58. The smallest absolute Gasteiger partial charge is 0.254 e. The van der Waals surface area contributed by atoms with Crippen molar-refractivity contribution in [3.63, 3.8) is 0 Å². The van der Waals surface area contributed by atoms with Crippen LogP contribution in [-0.4, -0.2) is 57.3 Å². The highest BCUT2D eigenvalue weighted by Gasteiger charge is 2.54. The molecule has 1 fully saturated rings. The summed E-state index contributed by atoms with van der Waals surface area (Å²) in [7, 11) is 0. The minimum atomic E-state index is -1.56. The molecule has 9 heteroatoms. The molecule has 1 saturated heterocycles. The first kappa shape index (κ1) is 12.9. The standard InChI is InChI=1S/C12H7N3O6/c16-5-1-2-6(17)14(5)9-10(12(21)13-11(9)20)15-7(18)3-4-8(15)19/h1-4,9-10H,(H,13,20,21). The van der Waals surface area contributed by atoms with Crippen LogP contribution in [0.4, 0.5) is 0 Å². The maximum atomic E-state index is 11.9. The fourth-order valence-corrected chi connectivity index (χ4v) is 2.44. The third kappa shape index (κ3) is 1.71. The van der Waals surface area contributed by atoms with Crippen molar-refractivity contribution >= 4 is 35.4 Å². The zero-order valence-electron chi connectivity index (χ0n) is 10.3. The summed E-state index contributed by atoms with van der Waals surface area (Å²) in [5, 5.41) is 1.93. The largest absolute Gasteiger partial charge is 0.293 e. The number of nitrogens with one attached hydrogen (secondary N) is 1. The molecule has 0 bridgehead atoms. The van der Waals surface area contributed by atoms with E-state index >= 15 is 0 Å². The molecule has 2 unspecified atom stereocenters. The van der Waals surface area contributed by atoms with Gasteiger partial charge < -0.3 is 0 Å². The second-order valence-corrected chi connectivity index (χ2v) is 4.50. The molecule has 0 spiro atoms. The third-order valence-corrected chi connectivity index (χ3v) is 3.33. The average molecular weight is 289 g/mol. The predicted octanol–water partition coefficient (Wildman–Crippen LogP) is -2.77. The Morgan fingerprint density at radius 2 is 0.905 bits per heavy atom. The molecule has 0 radical (unpaired) electrons. The van der Waals surface area contributed by atoms with E-state index in [0.717, 1.165) is 24.3 Å². The number of nitrogens with zero attached hydrogens (tertiary/aromatic N) is 2. The van der Waals surface area contributed by atoms with Crippen molar-refractivity contribution in [3.05, 3.63) is 24.3 Å². The van der Waals surface area contributed by atoms with E-state index in [1.165, 1.54) is 0 Å². The SMILES string of the molecule is O=C1NC(=O)C(N2C(=O)C=CC2=O)C1N1C(=O)C=CC1=O. The lowest BCUT2D eigenvalue weighted by Crippen LogP contribution is -2.57. The van der Waals surface area contributed by atoms with Crippen LogP contribution in [0, 0.1) is 0 Å². The molecule has 0 aliphatic carbocycles. The summed E-state index contributed by atoms with van der Waals surface area (Å²) in [5.41, 5.74) is 0. The molecule has 3 rings (SSSR count). The van der Waals surface area contributed by atoms with E-state index in [0.29, 0.717) is 9.80 Å². The Morgan fingerprint density at radius 3 is 1.19 bits per heavy atom. The summed E-state index contributed by atoms with van der Waals surface area (Å²) in [4.78, 5) is 71.5. The fraction of sp³-hybridized carbons (Fsp3) is 0.167. The van der Waals surface area contributed by atoms with Gasteiger partial charge in [-0.05, 0) is 0 Å². The molecule has 0 aromatic heterocycles. The number of hydrogen-bond donors (Lipinski definition) is 1. The number of carbonyl (C=O) groups is 6. The monoisotopic (exact) mass is 289 g/mol. The second kappa shape index (κ2) is 4.20. The summed E-state index contributed by atoms with van der Waals surface area (Å²) >= 11 is 0. The van der Waals surface area contributed by atoms with Crippen LogP contribution in [0.1, 0.15) is 0 Å². The first-order valence-corrected chi connectivity index (χ1v) is 5.87. The van der Waals surface area contributed by atoms with Gasteiger partial charge >= 0.3 is 0 Å². The van der Waals surface area contributed by atoms with E-state index in [1.54, 1.807) is 0 Å². The summed E-state index contributed by atoms with van der Waals surface area (Å²) < 4.78 is 0. The minimum absolute atomic E-state index is 0.559. The van der Waals surface area contributed by atoms with Gasteiger partial charge in [0.2, 0.25) is 0 Å². The summed E-state index contributed by atoms with van der Waals surface area (Å²) in [6.07, 6.45) is 3.78. The molecule has 3 heterocycles. The van der Waals surface area contributed by atoms with Crippen LogP contribution in [0.15, 0.2) is 24.3 Å². The number of amides is 6. The van der Waals surface area contributed by atoms with Gasteiger partial charge in [0.05, 0.1) is 0 Å². The van der Waals surface area contributed by atoms with E-state index in [1.807, 2.05) is 5.32 Å². The van der Waals surface area contributed by atoms with Gasteiger partial charge in [-0.15, -0.1) is 0 Å². The Hall–Kier alpha value is -3.10. The molecule has 21 heavy (non-hydrogen) atoms. The fourth-order valence-electron chi connectivity index (χ4n) is 2.44. The molecular formula is C12H7N3O6. The third-order valence-electron chi connectivity index (χ3n) is 3.33. The molecular weight excluding hydrogens is 282 g/mol. The van der Waals surface area contributed by atoms with Crippen molar-refractivity contribution in [2.45, 2.75) is 12.1 Å². The molecule has 1 N–H and O–H groups in total. The lowest BCUT2D eigenvalue weighted by Gasteiger charge is -2.28. The minimum Gasteiger partial charge on any atom is -0.293 e. The summed E-state index contributed by atoms with van der Waals surface area (Å²) in [6.45, 7) is 0. The van der Waals surface area contributed by atoms with Gasteiger partial charge in [-0.3, -0.25) is 43.9 Å². The topological polar surface area (TPSA) is 121 Å². The number of imide groups is 3. The lowest BCUT2D eigenvalue weighted by molar-refractivity contribution is -0.151. The Bertz CT molecular complexity index is 597. The number of hydrogen-bond acceptors (Lipinski definition) is 6. The first-order chi connectivity index (χ1) is 9.91. The highest BCUT2D eigenvalue weighted by atomic mass is 16.2. The maximum absolute atomic E-state index is 11.9. The molecule has 3 aliphatic heterocycles. The zero-order valence-corrected chi connectivity index (χ0v) is 10.3. The van der Waals surface area contributed by atoms with E-state index in [-0.39, 0.29) is 0 Å². The molecule has 0 saturated carbocycles. The number of carbonyl (C=O) groups excluding carboxylic acids is 6. The molecule has 6 amide bonds. The van der Waals surface area contributed by atoms with Crippen molar-refractivity contribution in [2.75, 3.05) is 0 Å². The van der Waals surface area contributed by atoms with Crippen molar-refractivity contribution < 1.29 is 28.8 Å². The average Bonchev–Trinajstić information content (AvgIpc) is 3.00.